The average Bonchev–Trinajstić information content (AvgIpc) is 3.55. The number of halogens is 3. The molecule has 0 aliphatic carbocycles. The molecule has 1 aromatic carbocycles. The summed E-state index contributed by atoms with van der Waals surface area (Å²) in [5.41, 5.74) is 1.59. The molecule has 36 heavy (non-hydrogen) atoms. The number of carboxylic acid groups (broad SMARTS) is 1. The number of aromatic nitrogens is 2. The number of pyridine rings is 1. The van der Waals surface area contributed by atoms with E-state index < -0.39 is 29.8 Å². The molecular weight excluding hydrogens is 477 g/mol. The Morgan fingerprint density at radius 3 is 2.61 bits per heavy atom. The highest BCUT2D eigenvalue weighted by molar-refractivity contribution is 5.87. The second-order valence-electron chi connectivity index (χ2n) is 9.66. The molecule has 1 unspecified atom stereocenters. The van der Waals surface area contributed by atoms with Crippen molar-refractivity contribution in [2.45, 2.75) is 57.6 Å². The predicted octanol–water partition coefficient (Wildman–Crippen LogP) is 4.51. The van der Waals surface area contributed by atoms with Crippen LogP contribution in [0.2, 0.25) is 0 Å². The lowest BCUT2D eigenvalue weighted by Crippen LogP contribution is -2.54. The molecule has 4 heterocycles. The molecule has 190 valence electrons. The number of nitrogens with zero attached hydrogens (tertiary/aromatic N) is 3. The summed E-state index contributed by atoms with van der Waals surface area (Å²) in [7, 11) is 0. The third kappa shape index (κ3) is 3.78. The van der Waals surface area contributed by atoms with Crippen LogP contribution in [0.4, 0.5) is 18.0 Å². The van der Waals surface area contributed by atoms with Crippen LogP contribution in [0.3, 0.4) is 0 Å². The zero-order chi connectivity index (χ0) is 26.0. The summed E-state index contributed by atoms with van der Waals surface area (Å²) in [4.78, 5) is 34.5. The normalized spacial score (nSPS) is 19.6. The van der Waals surface area contributed by atoms with Gasteiger partial charge in [0.1, 0.15) is 5.65 Å². The van der Waals surface area contributed by atoms with Crippen molar-refractivity contribution in [2.75, 3.05) is 6.54 Å². The molecule has 3 N–H and O–H groups in total. The van der Waals surface area contributed by atoms with E-state index in [0.29, 0.717) is 43.0 Å². The molecule has 3 aromatic rings. The molecule has 5 rings (SSSR count). The van der Waals surface area contributed by atoms with Crippen molar-refractivity contribution in [2.24, 2.45) is 0 Å². The van der Waals surface area contributed by atoms with Gasteiger partial charge in [0, 0.05) is 43.0 Å². The molecule has 2 atom stereocenters. The molecule has 0 spiro atoms. The van der Waals surface area contributed by atoms with Crippen molar-refractivity contribution in [3.63, 3.8) is 0 Å². The van der Waals surface area contributed by atoms with Crippen molar-refractivity contribution >= 4 is 23.0 Å². The van der Waals surface area contributed by atoms with E-state index in [1.807, 2.05) is 25.3 Å². The van der Waals surface area contributed by atoms with Crippen LogP contribution in [0.15, 0.2) is 30.6 Å². The number of aromatic amines is 1. The van der Waals surface area contributed by atoms with Gasteiger partial charge < -0.3 is 25.0 Å². The van der Waals surface area contributed by atoms with Gasteiger partial charge in [0.2, 0.25) is 5.60 Å². The highest BCUT2D eigenvalue weighted by Gasteiger charge is 2.57. The largest absolute Gasteiger partial charge is 0.465 e. The average molecular weight is 502 g/mol. The van der Waals surface area contributed by atoms with Crippen LogP contribution in [-0.4, -0.2) is 60.3 Å². The number of alkyl halides is 3. The van der Waals surface area contributed by atoms with Gasteiger partial charge in [-0.15, -0.1) is 0 Å². The number of aliphatic hydroxyl groups is 1. The Labute approximate surface area is 204 Å². The summed E-state index contributed by atoms with van der Waals surface area (Å²) < 4.78 is 40.1. The lowest BCUT2D eigenvalue weighted by Gasteiger charge is -2.29. The number of amides is 2. The van der Waals surface area contributed by atoms with Crippen LogP contribution < -0.4 is 0 Å². The Hall–Kier alpha value is -3.60. The summed E-state index contributed by atoms with van der Waals surface area (Å²) in [5.74, 6) is -1.44. The van der Waals surface area contributed by atoms with Crippen molar-refractivity contribution in [1.82, 2.24) is 19.8 Å². The van der Waals surface area contributed by atoms with Gasteiger partial charge >= 0.3 is 12.3 Å². The predicted molar refractivity (Wildman–Crippen MR) is 124 cm³/mol. The lowest BCUT2D eigenvalue weighted by atomic mass is 9.91. The van der Waals surface area contributed by atoms with E-state index in [1.165, 1.54) is 4.90 Å². The first-order valence-electron chi connectivity index (χ1n) is 11.6. The molecule has 1 fully saturated rings. The lowest BCUT2D eigenvalue weighted by molar-refractivity contribution is -0.250. The fourth-order valence-corrected chi connectivity index (χ4v) is 5.19. The van der Waals surface area contributed by atoms with Gasteiger partial charge in [-0.3, -0.25) is 4.79 Å². The number of fused-ring (bicyclic) bond motifs is 2. The third-order valence-corrected chi connectivity index (χ3v) is 7.27. The van der Waals surface area contributed by atoms with Crippen molar-refractivity contribution in [3.05, 3.63) is 52.8 Å². The summed E-state index contributed by atoms with van der Waals surface area (Å²) >= 11 is 0. The molecule has 11 heteroatoms. The molecule has 0 saturated carbocycles. The Bertz CT molecular complexity index is 1380. The highest BCUT2D eigenvalue weighted by Crippen LogP contribution is 2.42. The van der Waals surface area contributed by atoms with Gasteiger partial charge in [-0.1, -0.05) is 0 Å². The summed E-state index contributed by atoms with van der Waals surface area (Å²) in [5, 5.41) is 20.6. The Morgan fingerprint density at radius 2 is 1.92 bits per heavy atom. The third-order valence-electron chi connectivity index (χ3n) is 7.27. The van der Waals surface area contributed by atoms with Crippen LogP contribution in [0.1, 0.15) is 48.1 Å². The van der Waals surface area contributed by atoms with Gasteiger partial charge in [0.25, 0.3) is 5.91 Å². The summed E-state index contributed by atoms with van der Waals surface area (Å²) in [6.07, 6.45) is -1.47. The minimum absolute atomic E-state index is 0.125. The number of likely N-dealkylation sites (tertiary alicyclic amines) is 1. The first-order chi connectivity index (χ1) is 16.9. The first kappa shape index (κ1) is 24.1. The Kier molecular flexibility index (Phi) is 5.51. The van der Waals surface area contributed by atoms with Gasteiger partial charge in [-0.25, -0.2) is 9.78 Å². The molecule has 0 bridgehead atoms. The van der Waals surface area contributed by atoms with E-state index in [0.717, 1.165) is 32.6 Å². The van der Waals surface area contributed by atoms with Crippen LogP contribution >= 0.6 is 0 Å². The fraction of sp³-hybridized carbons (Fsp3) is 0.400. The van der Waals surface area contributed by atoms with Gasteiger partial charge in [0.15, 0.2) is 0 Å². The number of hydrogen-bond donors (Lipinski definition) is 3. The van der Waals surface area contributed by atoms with Crippen molar-refractivity contribution in [1.29, 1.82) is 0 Å². The molecule has 1 saturated heterocycles. The molecular formula is C25H25F3N4O4. The maximum Gasteiger partial charge on any atom is 0.426 e. The number of rotatable bonds is 3. The second kappa shape index (κ2) is 8.22. The molecule has 2 aliphatic heterocycles. The number of H-pyrrole nitrogens is 1. The molecule has 2 aromatic heterocycles. The standard InChI is InChI=1S/C25H25F3N4O4/c1-13-9-29-21-17(13)8-15(10-30-21)14-6-16-11-31(22(33)24(2,36)25(26,27)28)12-19(16)18(7-14)20-4-3-5-32(20)23(34)35/h6-10,20,36H,3-5,11-12H2,1-2H3,(H,29,30)(H,34,35)/t20-,24?/m0/s1. The molecule has 2 aliphatic rings. The van der Waals surface area contributed by atoms with E-state index in [1.54, 1.807) is 12.3 Å². The van der Waals surface area contributed by atoms with Crippen LogP contribution in [-0.2, 0) is 17.9 Å². The van der Waals surface area contributed by atoms with Crippen LogP contribution in [0.25, 0.3) is 22.2 Å². The van der Waals surface area contributed by atoms with Gasteiger partial charge in [-0.2, -0.15) is 13.2 Å². The monoisotopic (exact) mass is 502 g/mol. The number of hydrogen-bond acceptors (Lipinski definition) is 4. The number of nitrogens with one attached hydrogen (secondary N) is 1. The topological polar surface area (TPSA) is 110 Å². The van der Waals surface area contributed by atoms with E-state index in [-0.39, 0.29) is 13.1 Å². The van der Waals surface area contributed by atoms with Crippen LogP contribution in [0, 0.1) is 6.92 Å². The minimum Gasteiger partial charge on any atom is -0.465 e. The van der Waals surface area contributed by atoms with Crippen molar-refractivity contribution in [3.8, 4) is 11.1 Å². The number of benzene rings is 1. The Balaban J connectivity index is 1.61. The number of carbonyl (C=O) groups excluding carboxylic acids is 1. The zero-order valence-corrected chi connectivity index (χ0v) is 19.7. The molecule has 0 radical (unpaired) electrons. The molecule has 2 amide bonds. The van der Waals surface area contributed by atoms with Gasteiger partial charge in [0.05, 0.1) is 6.04 Å². The number of aryl methyl sites for hydroxylation is 1. The van der Waals surface area contributed by atoms with E-state index in [2.05, 4.69) is 9.97 Å². The van der Waals surface area contributed by atoms with Gasteiger partial charge in [-0.05, 0) is 72.7 Å². The SMILES string of the molecule is Cc1c[nH]c2ncc(-c3cc4c(c([C@@H]5CCCN5C(=O)O)c3)CN(C(=O)C(C)(O)C(F)(F)F)C4)cc12. The fourth-order valence-electron chi connectivity index (χ4n) is 5.19. The maximum absolute atomic E-state index is 13.4. The molecule has 8 nitrogen and oxygen atoms in total. The second-order valence-corrected chi connectivity index (χ2v) is 9.66. The quantitative estimate of drug-likeness (QED) is 0.488. The highest BCUT2D eigenvalue weighted by atomic mass is 19.4. The maximum atomic E-state index is 13.4. The van der Waals surface area contributed by atoms with Crippen molar-refractivity contribution < 1.29 is 33.0 Å². The summed E-state index contributed by atoms with van der Waals surface area (Å²) in [6, 6.07) is 5.13. The van der Waals surface area contributed by atoms with E-state index >= 15 is 0 Å². The number of carbonyl (C=O) groups is 2. The minimum atomic E-state index is -5.13. The summed E-state index contributed by atoms with van der Waals surface area (Å²) in [6.45, 7) is 2.47. The Morgan fingerprint density at radius 1 is 1.17 bits per heavy atom. The van der Waals surface area contributed by atoms with Crippen LogP contribution in [0.5, 0.6) is 0 Å². The first-order valence-corrected chi connectivity index (χ1v) is 11.6. The van der Waals surface area contributed by atoms with E-state index in [9.17, 15) is 33.0 Å². The zero-order valence-electron chi connectivity index (χ0n) is 19.7. The smallest absolute Gasteiger partial charge is 0.426 e. The van der Waals surface area contributed by atoms with E-state index in [4.69, 9.17) is 0 Å².